The van der Waals surface area contributed by atoms with E-state index in [2.05, 4.69) is 10.2 Å². The molecule has 2 rings (SSSR count). The summed E-state index contributed by atoms with van der Waals surface area (Å²) in [5.74, 6) is 2.31. The summed E-state index contributed by atoms with van der Waals surface area (Å²) in [7, 11) is 0. The van der Waals surface area contributed by atoms with Crippen molar-refractivity contribution in [1.29, 1.82) is 0 Å². The molecule has 0 aromatic carbocycles. The van der Waals surface area contributed by atoms with Gasteiger partial charge < -0.3 is 15.3 Å². The molecule has 2 fully saturated rings. The largest absolute Gasteiger partial charge is 0.390 e. The number of carbonyl (C=O) groups excluding carboxylic acids is 1. The van der Waals surface area contributed by atoms with Crippen LogP contribution in [0.4, 0.5) is 4.79 Å². The first-order valence-corrected chi connectivity index (χ1v) is 8.97. The van der Waals surface area contributed by atoms with Gasteiger partial charge in [0.05, 0.1) is 5.60 Å². The first-order valence-electron chi connectivity index (χ1n) is 7.82. The molecular weight excluding hydrogens is 272 g/mol. The molecule has 4 nitrogen and oxygen atoms in total. The van der Waals surface area contributed by atoms with Crippen molar-refractivity contribution in [1.82, 2.24) is 10.2 Å². The van der Waals surface area contributed by atoms with Gasteiger partial charge in [-0.05, 0) is 39.0 Å². The van der Waals surface area contributed by atoms with Crippen LogP contribution in [0.15, 0.2) is 0 Å². The summed E-state index contributed by atoms with van der Waals surface area (Å²) < 4.78 is 0. The summed E-state index contributed by atoms with van der Waals surface area (Å²) in [6.45, 7) is 5.24. The van der Waals surface area contributed by atoms with Crippen LogP contribution >= 0.6 is 11.8 Å². The van der Waals surface area contributed by atoms with Crippen molar-refractivity contribution in [2.75, 3.05) is 24.6 Å². The smallest absolute Gasteiger partial charge is 0.317 e. The number of amides is 2. The second-order valence-corrected chi connectivity index (χ2v) is 7.80. The second kappa shape index (κ2) is 7.03. The molecule has 1 aliphatic carbocycles. The zero-order valence-corrected chi connectivity index (χ0v) is 13.5. The molecule has 1 saturated carbocycles. The van der Waals surface area contributed by atoms with E-state index in [-0.39, 0.29) is 6.03 Å². The number of rotatable bonds is 5. The lowest BCUT2D eigenvalue weighted by atomic mass is 9.85. The van der Waals surface area contributed by atoms with Gasteiger partial charge in [-0.2, -0.15) is 11.8 Å². The van der Waals surface area contributed by atoms with Crippen LogP contribution in [0.5, 0.6) is 0 Å². The highest BCUT2D eigenvalue weighted by atomic mass is 32.2. The standard InChI is InChI=1S/C15H28N2O2S/c1-15(2,19)11-20-10-8-16-14(18)17-9-7-12-5-3-4-6-13(12)17/h12-13,19H,3-11H2,1-2H3,(H,16,18)/t12-,13+/m1/s1. The molecule has 5 heteroatoms. The van der Waals surface area contributed by atoms with Crippen molar-refractivity contribution in [3.63, 3.8) is 0 Å². The summed E-state index contributed by atoms with van der Waals surface area (Å²) in [6, 6.07) is 0.607. The summed E-state index contributed by atoms with van der Waals surface area (Å²) in [5, 5.41) is 12.6. The van der Waals surface area contributed by atoms with Crippen LogP contribution in [0.3, 0.4) is 0 Å². The fraction of sp³-hybridized carbons (Fsp3) is 0.933. The Morgan fingerprint density at radius 2 is 2.10 bits per heavy atom. The van der Waals surface area contributed by atoms with Crippen molar-refractivity contribution in [2.24, 2.45) is 5.92 Å². The highest BCUT2D eigenvalue weighted by molar-refractivity contribution is 7.99. The van der Waals surface area contributed by atoms with Crippen LogP contribution in [0.2, 0.25) is 0 Å². The lowest BCUT2D eigenvalue weighted by Gasteiger charge is -2.31. The lowest BCUT2D eigenvalue weighted by molar-refractivity contribution is 0.107. The minimum Gasteiger partial charge on any atom is -0.390 e. The molecule has 0 aromatic heterocycles. The molecule has 1 saturated heterocycles. The monoisotopic (exact) mass is 300 g/mol. The normalized spacial score (nSPS) is 26.4. The number of carbonyl (C=O) groups is 1. The quantitative estimate of drug-likeness (QED) is 0.767. The van der Waals surface area contributed by atoms with Gasteiger partial charge in [0.1, 0.15) is 0 Å². The summed E-state index contributed by atoms with van der Waals surface area (Å²) >= 11 is 1.68. The van der Waals surface area contributed by atoms with Crippen molar-refractivity contribution < 1.29 is 9.90 Å². The number of nitrogens with zero attached hydrogens (tertiary/aromatic N) is 1. The van der Waals surface area contributed by atoms with Crippen LogP contribution in [0, 0.1) is 5.92 Å². The number of hydrogen-bond donors (Lipinski definition) is 2. The molecular formula is C15H28N2O2S. The van der Waals surface area contributed by atoms with E-state index in [0.29, 0.717) is 18.3 Å². The second-order valence-electron chi connectivity index (χ2n) is 6.69. The van der Waals surface area contributed by atoms with E-state index in [1.807, 2.05) is 13.8 Å². The molecule has 1 heterocycles. The van der Waals surface area contributed by atoms with E-state index < -0.39 is 5.60 Å². The molecule has 0 bridgehead atoms. The number of nitrogens with one attached hydrogen (secondary N) is 1. The molecule has 0 aromatic rings. The van der Waals surface area contributed by atoms with Gasteiger partial charge in [0, 0.05) is 30.6 Å². The number of thioether (sulfide) groups is 1. The number of urea groups is 1. The Labute approximate surface area is 126 Å². The lowest BCUT2D eigenvalue weighted by Crippen LogP contribution is -2.45. The van der Waals surface area contributed by atoms with Crippen molar-refractivity contribution in [3.8, 4) is 0 Å². The predicted molar refractivity (Wildman–Crippen MR) is 84.1 cm³/mol. The molecule has 0 spiro atoms. The third kappa shape index (κ3) is 4.55. The van der Waals surface area contributed by atoms with Crippen LogP contribution < -0.4 is 5.32 Å². The van der Waals surface area contributed by atoms with Gasteiger partial charge in [-0.15, -0.1) is 0 Å². The fourth-order valence-corrected chi connectivity index (χ4v) is 4.20. The molecule has 116 valence electrons. The van der Waals surface area contributed by atoms with Gasteiger partial charge in [0.15, 0.2) is 0 Å². The Hall–Kier alpha value is -0.420. The highest BCUT2D eigenvalue weighted by Crippen LogP contribution is 2.35. The Bertz CT molecular complexity index is 330. The minimum absolute atomic E-state index is 0.114. The third-order valence-electron chi connectivity index (χ3n) is 4.25. The first kappa shape index (κ1) is 16.0. The molecule has 2 N–H and O–H groups in total. The van der Waals surface area contributed by atoms with Gasteiger partial charge in [-0.25, -0.2) is 4.79 Å². The Kier molecular flexibility index (Phi) is 5.61. The maximum Gasteiger partial charge on any atom is 0.317 e. The van der Waals surface area contributed by atoms with Crippen LogP contribution in [0.25, 0.3) is 0 Å². The van der Waals surface area contributed by atoms with Crippen molar-refractivity contribution >= 4 is 17.8 Å². The van der Waals surface area contributed by atoms with E-state index in [0.717, 1.165) is 18.2 Å². The highest BCUT2D eigenvalue weighted by Gasteiger charge is 2.37. The van der Waals surface area contributed by atoms with E-state index in [1.54, 1.807) is 11.8 Å². The maximum atomic E-state index is 12.2. The number of fused-ring (bicyclic) bond motifs is 1. The molecule has 1 aliphatic heterocycles. The molecule has 2 atom stereocenters. The van der Waals surface area contributed by atoms with Crippen molar-refractivity contribution in [3.05, 3.63) is 0 Å². The minimum atomic E-state index is -0.626. The van der Waals surface area contributed by atoms with Crippen LogP contribution in [0.1, 0.15) is 46.0 Å². The topological polar surface area (TPSA) is 52.6 Å². The average Bonchev–Trinajstić information content (AvgIpc) is 2.80. The predicted octanol–water partition coefficient (Wildman–Crippen LogP) is 2.46. The van der Waals surface area contributed by atoms with Gasteiger partial charge in [0.25, 0.3) is 0 Å². The maximum absolute atomic E-state index is 12.2. The summed E-state index contributed by atoms with van der Waals surface area (Å²) in [5.41, 5.74) is -0.626. The Balaban J connectivity index is 1.65. The van der Waals surface area contributed by atoms with E-state index in [4.69, 9.17) is 0 Å². The summed E-state index contributed by atoms with van der Waals surface area (Å²) in [6.07, 6.45) is 6.28. The fourth-order valence-electron chi connectivity index (χ4n) is 3.31. The molecule has 20 heavy (non-hydrogen) atoms. The zero-order valence-electron chi connectivity index (χ0n) is 12.7. The molecule has 2 amide bonds. The molecule has 0 radical (unpaired) electrons. The molecule has 2 aliphatic rings. The van der Waals surface area contributed by atoms with Crippen LogP contribution in [-0.2, 0) is 0 Å². The van der Waals surface area contributed by atoms with Crippen molar-refractivity contribution in [2.45, 2.75) is 57.6 Å². The van der Waals surface area contributed by atoms with Gasteiger partial charge >= 0.3 is 6.03 Å². The van der Waals surface area contributed by atoms with Gasteiger partial charge in [-0.1, -0.05) is 12.8 Å². The van der Waals surface area contributed by atoms with Crippen LogP contribution in [-0.4, -0.2) is 52.3 Å². The number of likely N-dealkylation sites (tertiary alicyclic amines) is 1. The summed E-state index contributed by atoms with van der Waals surface area (Å²) in [4.78, 5) is 14.3. The van der Waals surface area contributed by atoms with Gasteiger partial charge in [-0.3, -0.25) is 0 Å². The Morgan fingerprint density at radius 3 is 2.85 bits per heavy atom. The average molecular weight is 300 g/mol. The SMILES string of the molecule is CC(C)(O)CSCCNC(=O)N1CC[C@H]2CCCC[C@@H]21. The number of aliphatic hydroxyl groups is 1. The van der Waals surface area contributed by atoms with E-state index in [9.17, 15) is 9.90 Å². The number of hydrogen-bond acceptors (Lipinski definition) is 3. The zero-order chi connectivity index (χ0) is 14.6. The Morgan fingerprint density at radius 1 is 1.35 bits per heavy atom. The van der Waals surface area contributed by atoms with E-state index in [1.165, 1.54) is 32.1 Å². The molecule has 0 unspecified atom stereocenters. The van der Waals surface area contributed by atoms with E-state index >= 15 is 0 Å². The third-order valence-corrected chi connectivity index (χ3v) is 5.65. The first-order chi connectivity index (χ1) is 9.47. The van der Waals surface area contributed by atoms with Gasteiger partial charge in [0.2, 0.25) is 0 Å².